The summed E-state index contributed by atoms with van der Waals surface area (Å²) < 4.78 is 1.61. The first-order valence-corrected chi connectivity index (χ1v) is 7.90. The topological polar surface area (TPSA) is 28.5 Å². The van der Waals surface area contributed by atoms with Gasteiger partial charge in [-0.1, -0.05) is 18.2 Å². The van der Waals surface area contributed by atoms with E-state index in [0.717, 1.165) is 44.7 Å². The summed E-state index contributed by atoms with van der Waals surface area (Å²) >= 11 is 0. The van der Waals surface area contributed by atoms with Gasteiger partial charge in [-0.15, -0.1) is 0 Å². The number of anilines is 1. The van der Waals surface area contributed by atoms with E-state index in [9.17, 15) is 4.79 Å². The van der Waals surface area contributed by atoms with Crippen LogP contribution >= 0.6 is 0 Å². The van der Waals surface area contributed by atoms with Gasteiger partial charge in [-0.25, -0.2) is 0 Å². The molecule has 1 aromatic heterocycles. The van der Waals surface area contributed by atoms with Crippen molar-refractivity contribution in [3.05, 3.63) is 64.6 Å². The minimum Gasteiger partial charge on any atom is -0.370 e. The van der Waals surface area contributed by atoms with E-state index in [4.69, 9.17) is 0 Å². The number of pyridine rings is 1. The summed E-state index contributed by atoms with van der Waals surface area (Å²) in [5, 5.41) is 0. The highest BCUT2D eigenvalue weighted by Crippen LogP contribution is 2.16. The minimum absolute atomic E-state index is 0.0678. The molecular formula is C18H23N3O. The molecule has 1 aliphatic rings. The highest BCUT2D eigenvalue weighted by Gasteiger charge is 2.15. The first kappa shape index (κ1) is 14.9. The molecule has 3 rings (SSSR count). The molecule has 1 aromatic carbocycles. The van der Waals surface area contributed by atoms with Crippen LogP contribution in [-0.4, -0.2) is 35.6 Å². The molecule has 0 radical (unpaired) electrons. The van der Waals surface area contributed by atoms with E-state index < -0.39 is 0 Å². The molecule has 2 heterocycles. The van der Waals surface area contributed by atoms with E-state index in [1.807, 2.05) is 12.3 Å². The van der Waals surface area contributed by atoms with Gasteiger partial charge < -0.3 is 9.47 Å². The van der Waals surface area contributed by atoms with E-state index in [1.54, 1.807) is 17.7 Å². The molecule has 0 bridgehead atoms. The number of aryl methyl sites for hydroxylation is 1. The Kier molecular flexibility index (Phi) is 4.59. The van der Waals surface area contributed by atoms with Gasteiger partial charge in [0.15, 0.2) is 0 Å². The maximum atomic E-state index is 11.7. The minimum atomic E-state index is 0.0678. The van der Waals surface area contributed by atoms with E-state index in [2.05, 4.69) is 40.1 Å². The summed E-state index contributed by atoms with van der Waals surface area (Å²) in [6, 6.07) is 14.4. The normalized spacial score (nSPS) is 16.5. The van der Waals surface area contributed by atoms with Crippen molar-refractivity contribution in [2.45, 2.75) is 13.0 Å². The number of aromatic nitrogens is 1. The summed E-state index contributed by atoms with van der Waals surface area (Å²) in [5.41, 5.74) is 2.48. The van der Waals surface area contributed by atoms with Crippen LogP contribution in [0.4, 0.5) is 5.69 Å². The van der Waals surface area contributed by atoms with Gasteiger partial charge in [0.25, 0.3) is 5.56 Å². The van der Waals surface area contributed by atoms with Crippen molar-refractivity contribution >= 4 is 5.69 Å². The molecule has 0 amide bonds. The fourth-order valence-corrected chi connectivity index (χ4v) is 2.97. The second-order valence-electron chi connectivity index (χ2n) is 5.94. The van der Waals surface area contributed by atoms with Gasteiger partial charge >= 0.3 is 0 Å². The second-order valence-corrected chi connectivity index (χ2v) is 5.94. The van der Waals surface area contributed by atoms with E-state index >= 15 is 0 Å². The number of benzene rings is 1. The molecule has 1 aliphatic heterocycles. The number of nitrogens with zero attached hydrogens (tertiary/aromatic N) is 3. The van der Waals surface area contributed by atoms with Gasteiger partial charge in [0.1, 0.15) is 0 Å². The molecule has 2 aromatic rings. The Morgan fingerprint density at radius 3 is 2.59 bits per heavy atom. The number of para-hydroxylation sites is 1. The van der Waals surface area contributed by atoms with Crippen molar-refractivity contribution in [1.82, 2.24) is 9.47 Å². The van der Waals surface area contributed by atoms with E-state index in [0.29, 0.717) is 0 Å². The highest BCUT2D eigenvalue weighted by molar-refractivity contribution is 5.46. The molecule has 1 saturated heterocycles. The molecule has 0 aliphatic carbocycles. The first-order chi connectivity index (χ1) is 10.7. The smallest absolute Gasteiger partial charge is 0.250 e. The van der Waals surface area contributed by atoms with Gasteiger partial charge in [-0.05, 0) is 30.2 Å². The Morgan fingerprint density at radius 1 is 1.00 bits per heavy atom. The summed E-state index contributed by atoms with van der Waals surface area (Å²) in [6.07, 6.45) is 3.01. The van der Waals surface area contributed by atoms with Crippen LogP contribution in [0.25, 0.3) is 0 Å². The van der Waals surface area contributed by atoms with Gasteiger partial charge in [0, 0.05) is 57.7 Å². The molecule has 0 atom stereocenters. The van der Waals surface area contributed by atoms with Crippen LogP contribution in [0.5, 0.6) is 0 Å². The second kappa shape index (κ2) is 6.79. The maximum absolute atomic E-state index is 11.7. The van der Waals surface area contributed by atoms with Crippen LogP contribution in [-0.2, 0) is 13.6 Å². The van der Waals surface area contributed by atoms with Crippen LogP contribution in [0.15, 0.2) is 53.5 Å². The molecule has 0 saturated carbocycles. The van der Waals surface area contributed by atoms with Crippen molar-refractivity contribution in [2.75, 3.05) is 31.1 Å². The average Bonchev–Trinajstić information content (AvgIpc) is 2.77. The predicted molar refractivity (Wildman–Crippen MR) is 90.2 cm³/mol. The fraction of sp³-hybridized carbons (Fsp3) is 0.389. The SMILES string of the molecule is Cn1ccc(CN2CCCN(c3ccccc3)CC2)cc1=O. The number of rotatable bonds is 3. The predicted octanol–water partition coefficient (Wildman–Crippen LogP) is 2.10. The average molecular weight is 297 g/mol. The van der Waals surface area contributed by atoms with Gasteiger partial charge in [0.2, 0.25) is 0 Å². The molecule has 0 N–H and O–H groups in total. The van der Waals surface area contributed by atoms with Crippen LogP contribution in [0.2, 0.25) is 0 Å². The van der Waals surface area contributed by atoms with Crippen LogP contribution in [0, 0.1) is 0 Å². The Bertz CT molecular complexity index is 666. The third-order valence-corrected chi connectivity index (χ3v) is 4.28. The zero-order valence-corrected chi connectivity index (χ0v) is 13.1. The summed E-state index contributed by atoms with van der Waals surface area (Å²) in [4.78, 5) is 16.6. The fourth-order valence-electron chi connectivity index (χ4n) is 2.97. The Hall–Kier alpha value is -2.07. The molecule has 1 fully saturated rings. The van der Waals surface area contributed by atoms with Crippen molar-refractivity contribution in [2.24, 2.45) is 7.05 Å². The Balaban J connectivity index is 1.63. The largest absolute Gasteiger partial charge is 0.370 e. The first-order valence-electron chi connectivity index (χ1n) is 7.90. The zero-order chi connectivity index (χ0) is 15.4. The molecule has 4 heteroatoms. The third-order valence-electron chi connectivity index (χ3n) is 4.28. The van der Waals surface area contributed by atoms with Gasteiger partial charge in [-0.2, -0.15) is 0 Å². The lowest BCUT2D eigenvalue weighted by Crippen LogP contribution is -2.30. The lowest BCUT2D eigenvalue weighted by atomic mass is 10.2. The number of hydrogen-bond donors (Lipinski definition) is 0. The van der Waals surface area contributed by atoms with E-state index in [-0.39, 0.29) is 5.56 Å². The monoisotopic (exact) mass is 297 g/mol. The maximum Gasteiger partial charge on any atom is 0.250 e. The molecule has 4 nitrogen and oxygen atoms in total. The number of hydrogen-bond acceptors (Lipinski definition) is 3. The highest BCUT2D eigenvalue weighted by atomic mass is 16.1. The lowest BCUT2D eigenvalue weighted by Gasteiger charge is -2.23. The van der Waals surface area contributed by atoms with Crippen LogP contribution in [0.1, 0.15) is 12.0 Å². The van der Waals surface area contributed by atoms with Crippen LogP contribution in [0.3, 0.4) is 0 Å². The Morgan fingerprint density at radius 2 is 1.82 bits per heavy atom. The lowest BCUT2D eigenvalue weighted by molar-refractivity contribution is 0.285. The van der Waals surface area contributed by atoms with Crippen molar-refractivity contribution in [3.8, 4) is 0 Å². The van der Waals surface area contributed by atoms with Crippen molar-refractivity contribution in [1.29, 1.82) is 0 Å². The Labute approximate surface area is 131 Å². The molecule has 0 spiro atoms. The van der Waals surface area contributed by atoms with Crippen molar-refractivity contribution in [3.63, 3.8) is 0 Å². The summed E-state index contributed by atoms with van der Waals surface area (Å²) in [6.45, 7) is 5.10. The van der Waals surface area contributed by atoms with E-state index in [1.165, 1.54) is 5.69 Å². The summed E-state index contributed by atoms with van der Waals surface area (Å²) in [5.74, 6) is 0. The standard InChI is InChI=1S/C18H23N3O/c1-19-11-8-16(14-18(19)22)15-20-9-5-10-21(13-12-20)17-6-3-2-4-7-17/h2-4,6-8,11,14H,5,9-10,12-13,15H2,1H3. The van der Waals surface area contributed by atoms with Gasteiger partial charge in [0.05, 0.1) is 0 Å². The molecule has 116 valence electrons. The molecule has 0 unspecified atom stereocenters. The van der Waals surface area contributed by atoms with Crippen LogP contribution < -0.4 is 10.5 Å². The summed E-state index contributed by atoms with van der Waals surface area (Å²) in [7, 11) is 1.79. The molecule has 22 heavy (non-hydrogen) atoms. The van der Waals surface area contributed by atoms with Crippen molar-refractivity contribution < 1.29 is 0 Å². The third kappa shape index (κ3) is 3.57. The van der Waals surface area contributed by atoms with Gasteiger partial charge in [-0.3, -0.25) is 9.69 Å². The molecular weight excluding hydrogens is 274 g/mol. The quantitative estimate of drug-likeness (QED) is 0.868. The zero-order valence-electron chi connectivity index (χ0n) is 13.1.